The smallest absolute Gasteiger partial charge is 0.319 e. The van der Waals surface area contributed by atoms with Crippen molar-refractivity contribution in [1.29, 1.82) is 0 Å². The van der Waals surface area contributed by atoms with Gasteiger partial charge in [0.05, 0.1) is 16.9 Å². The van der Waals surface area contributed by atoms with Crippen molar-refractivity contribution in [2.24, 2.45) is 0 Å². The molecule has 2 amide bonds. The van der Waals surface area contributed by atoms with E-state index in [1.807, 2.05) is 48.7 Å². The van der Waals surface area contributed by atoms with Crippen LogP contribution in [0.3, 0.4) is 0 Å². The second-order valence-electron chi connectivity index (χ2n) is 6.94. The lowest BCUT2D eigenvalue weighted by atomic mass is 10.1. The summed E-state index contributed by atoms with van der Waals surface area (Å²) in [4.78, 5) is 20.9. The number of carbonyl (C=O) groups excluding carboxylic acids is 1. The Hall–Kier alpha value is -3.65. The fourth-order valence-electron chi connectivity index (χ4n) is 2.86. The van der Waals surface area contributed by atoms with Gasteiger partial charge in [0.25, 0.3) is 0 Å². The number of ether oxygens (including phenoxy) is 1. The summed E-state index contributed by atoms with van der Waals surface area (Å²) >= 11 is 1.53. The third kappa shape index (κ3) is 5.93. The van der Waals surface area contributed by atoms with Gasteiger partial charge in [0.15, 0.2) is 0 Å². The molecule has 0 saturated heterocycles. The maximum Gasteiger partial charge on any atom is 0.319 e. The highest BCUT2D eigenvalue weighted by atomic mass is 32.1. The number of aromatic nitrogens is 2. The first-order valence-electron chi connectivity index (χ1n) is 9.82. The Kier molecular flexibility index (Phi) is 6.59. The zero-order chi connectivity index (χ0) is 21.5. The van der Waals surface area contributed by atoms with Gasteiger partial charge in [0.2, 0.25) is 5.89 Å². The molecule has 2 aromatic heterocycles. The van der Waals surface area contributed by atoms with Gasteiger partial charge in [-0.05, 0) is 31.2 Å². The summed E-state index contributed by atoms with van der Waals surface area (Å²) in [6.07, 6.45) is 2.19. The number of amides is 2. The number of anilines is 1. The molecule has 2 N–H and O–H groups in total. The molecule has 0 aliphatic carbocycles. The summed E-state index contributed by atoms with van der Waals surface area (Å²) in [6.45, 7) is 2.86. The minimum Gasteiger partial charge on any atom is -0.487 e. The Balaban J connectivity index is 1.23. The van der Waals surface area contributed by atoms with Gasteiger partial charge in [0.1, 0.15) is 18.6 Å². The number of hydrogen-bond donors (Lipinski definition) is 2. The van der Waals surface area contributed by atoms with Crippen LogP contribution < -0.4 is 15.4 Å². The summed E-state index contributed by atoms with van der Waals surface area (Å²) in [5, 5.41) is 7.58. The van der Waals surface area contributed by atoms with Gasteiger partial charge in [-0.1, -0.05) is 23.8 Å². The van der Waals surface area contributed by atoms with Crippen LogP contribution in [0.2, 0.25) is 0 Å². The zero-order valence-corrected chi connectivity index (χ0v) is 17.8. The largest absolute Gasteiger partial charge is 0.487 e. The van der Waals surface area contributed by atoms with E-state index in [-0.39, 0.29) is 6.03 Å². The van der Waals surface area contributed by atoms with Gasteiger partial charge < -0.3 is 19.8 Å². The van der Waals surface area contributed by atoms with Crippen molar-refractivity contribution < 1.29 is 13.9 Å². The number of nitrogens with one attached hydrogen (secondary N) is 2. The summed E-state index contributed by atoms with van der Waals surface area (Å²) in [5.41, 5.74) is 6.19. The van der Waals surface area contributed by atoms with Gasteiger partial charge in [-0.15, -0.1) is 11.3 Å². The van der Waals surface area contributed by atoms with Crippen molar-refractivity contribution in [3.05, 3.63) is 82.6 Å². The lowest BCUT2D eigenvalue weighted by Gasteiger charge is -2.09. The Morgan fingerprint density at radius 1 is 1.16 bits per heavy atom. The molecule has 0 bridgehead atoms. The Bertz CT molecular complexity index is 1120. The minimum absolute atomic E-state index is 0.293. The number of thiazole rings is 1. The molecular formula is C23H22N4O3S. The predicted molar refractivity (Wildman–Crippen MR) is 120 cm³/mol. The third-order valence-corrected chi connectivity index (χ3v) is 5.11. The maximum atomic E-state index is 12.2. The maximum absolute atomic E-state index is 12.2. The highest BCUT2D eigenvalue weighted by molar-refractivity contribution is 7.07. The van der Waals surface area contributed by atoms with Gasteiger partial charge in [-0.2, -0.15) is 0 Å². The number of hydrogen-bond acceptors (Lipinski definition) is 6. The molecule has 7 nitrogen and oxygen atoms in total. The van der Waals surface area contributed by atoms with E-state index in [0.717, 1.165) is 17.0 Å². The highest BCUT2D eigenvalue weighted by Crippen LogP contribution is 2.20. The molecule has 8 heteroatoms. The van der Waals surface area contributed by atoms with Crippen LogP contribution in [0.1, 0.15) is 17.0 Å². The average Bonchev–Trinajstić information content (AvgIpc) is 3.45. The van der Waals surface area contributed by atoms with Crippen molar-refractivity contribution in [3.63, 3.8) is 0 Å². The van der Waals surface area contributed by atoms with Gasteiger partial charge in [-0.3, -0.25) is 0 Å². The molecular weight excluding hydrogens is 412 g/mol. The normalized spacial score (nSPS) is 10.6. The topological polar surface area (TPSA) is 89.3 Å². The first-order valence-corrected chi connectivity index (χ1v) is 10.8. The van der Waals surface area contributed by atoms with Crippen molar-refractivity contribution >= 4 is 23.1 Å². The van der Waals surface area contributed by atoms with Crippen LogP contribution in [0.25, 0.3) is 11.5 Å². The van der Waals surface area contributed by atoms with E-state index in [1.165, 1.54) is 16.9 Å². The second-order valence-corrected chi connectivity index (χ2v) is 7.66. The number of nitrogens with zero attached hydrogens (tertiary/aromatic N) is 2. The summed E-state index contributed by atoms with van der Waals surface area (Å²) < 4.78 is 11.3. The van der Waals surface area contributed by atoms with Crippen molar-refractivity contribution in [3.8, 4) is 17.2 Å². The third-order valence-electron chi connectivity index (χ3n) is 4.48. The molecule has 2 heterocycles. The molecule has 4 aromatic rings. The van der Waals surface area contributed by atoms with Gasteiger partial charge in [0, 0.05) is 35.7 Å². The van der Waals surface area contributed by atoms with E-state index in [0.29, 0.717) is 36.9 Å². The molecule has 0 spiro atoms. The molecule has 0 saturated carbocycles. The Labute approximate surface area is 184 Å². The zero-order valence-electron chi connectivity index (χ0n) is 17.0. The number of oxazole rings is 1. The lowest BCUT2D eigenvalue weighted by Crippen LogP contribution is -2.30. The summed E-state index contributed by atoms with van der Waals surface area (Å²) in [5.74, 6) is 1.24. The number of carbonyl (C=O) groups is 1. The highest BCUT2D eigenvalue weighted by Gasteiger charge is 2.08. The van der Waals surface area contributed by atoms with Crippen molar-refractivity contribution in [2.45, 2.75) is 20.0 Å². The van der Waals surface area contributed by atoms with E-state index in [2.05, 4.69) is 20.6 Å². The predicted octanol–water partition coefficient (Wildman–Crippen LogP) is 5.05. The average molecular weight is 435 g/mol. The number of urea groups is 1. The monoisotopic (exact) mass is 434 g/mol. The number of aryl methyl sites for hydroxylation is 1. The Morgan fingerprint density at radius 3 is 2.84 bits per heavy atom. The quantitative estimate of drug-likeness (QED) is 0.405. The lowest BCUT2D eigenvalue weighted by molar-refractivity contribution is 0.252. The molecule has 2 aromatic carbocycles. The van der Waals surface area contributed by atoms with E-state index < -0.39 is 0 Å². The first kappa shape index (κ1) is 20.6. The van der Waals surface area contributed by atoms with E-state index in [4.69, 9.17) is 9.15 Å². The molecule has 0 aliphatic rings. The molecule has 0 aliphatic heterocycles. The van der Waals surface area contributed by atoms with Crippen molar-refractivity contribution in [2.75, 3.05) is 11.9 Å². The van der Waals surface area contributed by atoms with Crippen LogP contribution in [0.15, 0.2) is 70.1 Å². The molecule has 4 rings (SSSR count). The number of rotatable bonds is 8. The Morgan fingerprint density at radius 2 is 2.03 bits per heavy atom. The van der Waals surface area contributed by atoms with Crippen LogP contribution in [0.5, 0.6) is 5.75 Å². The van der Waals surface area contributed by atoms with Crippen LogP contribution in [-0.2, 0) is 13.0 Å². The molecule has 0 fully saturated rings. The first-order chi connectivity index (χ1) is 15.2. The van der Waals surface area contributed by atoms with Gasteiger partial charge in [-0.25, -0.2) is 14.8 Å². The summed E-state index contributed by atoms with van der Waals surface area (Å²) in [6, 6.07) is 14.9. The fraction of sp³-hybridized carbons (Fsp3) is 0.174. The molecule has 158 valence electrons. The summed E-state index contributed by atoms with van der Waals surface area (Å²) in [7, 11) is 0. The molecule has 0 radical (unpaired) electrons. The van der Waals surface area contributed by atoms with Gasteiger partial charge >= 0.3 is 6.03 Å². The second kappa shape index (κ2) is 9.90. The van der Waals surface area contributed by atoms with Crippen LogP contribution in [0.4, 0.5) is 10.5 Å². The van der Waals surface area contributed by atoms with Crippen LogP contribution in [-0.4, -0.2) is 22.5 Å². The molecule has 31 heavy (non-hydrogen) atoms. The SMILES string of the molecule is Cc1ccc(-c2nc(CCNC(=O)Nc3cccc(OCc4cscn4)c3)co2)cc1. The molecule has 0 atom stereocenters. The van der Waals surface area contributed by atoms with Crippen LogP contribution in [0, 0.1) is 6.92 Å². The fourth-order valence-corrected chi connectivity index (χ4v) is 3.40. The number of benzene rings is 2. The van der Waals surface area contributed by atoms with Crippen LogP contribution >= 0.6 is 11.3 Å². The standard InChI is InChI=1S/C23H22N4O3S/c1-16-5-7-17(8-6-16)22-26-19(12-30-22)9-10-24-23(28)27-18-3-2-4-21(11-18)29-13-20-14-31-15-25-20/h2-8,11-12,14-15H,9-10,13H2,1H3,(H2,24,27,28). The van der Waals surface area contributed by atoms with E-state index >= 15 is 0 Å². The minimum atomic E-state index is -0.293. The van der Waals surface area contributed by atoms with E-state index in [1.54, 1.807) is 23.9 Å². The van der Waals surface area contributed by atoms with E-state index in [9.17, 15) is 4.79 Å². The molecule has 0 unspecified atom stereocenters. The van der Waals surface area contributed by atoms with Crippen molar-refractivity contribution in [1.82, 2.24) is 15.3 Å².